The number of benzene rings is 1. The molecule has 1 aromatic carbocycles. The second kappa shape index (κ2) is 4.97. The third kappa shape index (κ3) is 2.62. The molecular weight excluding hydrogens is 220 g/mol. The Balaban J connectivity index is 2.10. The molecule has 1 aromatic rings. The van der Waals surface area contributed by atoms with Crippen LogP contribution in [0.25, 0.3) is 0 Å². The quantitative estimate of drug-likeness (QED) is 0.610. The molecule has 0 radical (unpaired) electrons. The van der Waals surface area contributed by atoms with E-state index in [1.807, 2.05) is 17.8 Å². The van der Waals surface area contributed by atoms with Crippen LogP contribution in [-0.2, 0) is 6.54 Å². The fourth-order valence-electron chi connectivity index (χ4n) is 1.95. The van der Waals surface area contributed by atoms with Gasteiger partial charge in [-0.2, -0.15) is 11.8 Å². The lowest BCUT2D eigenvalue weighted by Gasteiger charge is -2.33. The molecule has 0 aliphatic carbocycles. The average molecular weight is 238 g/mol. The maximum atomic E-state index is 9.76. The summed E-state index contributed by atoms with van der Waals surface area (Å²) >= 11 is 2.00. The summed E-state index contributed by atoms with van der Waals surface area (Å²) in [4.78, 5) is 2.39. The van der Waals surface area contributed by atoms with Crippen LogP contribution in [-0.4, -0.2) is 34.1 Å². The summed E-state index contributed by atoms with van der Waals surface area (Å²) in [5.41, 5.74) is 7.38. The Morgan fingerprint density at radius 1 is 1.56 bits per heavy atom. The van der Waals surface area contributed by atoms with Crippen LogP contribution in [0.15, 0.2) is 18.2 Å². The first kappa shape index (κ1) is 11.6. The number of thioether (sulfide) groups is 1. The summed E-state index contributed by atoms with van der Waals surface area (Å²) in [6.45, 7) is 4.11. The Kier molecular flexibility index (Phi) is 3.61. The van der Waals surface area contributed by atoms with Gasteiger partial charge in [-0.25, -0.2) is 0 Å². The topological polar surface area (TPSA) is 49.5 Å². The van der Waals surface area contributed by atoms with E-state index in [4.69, 9.17) is 5.73 Å². The van der Waals surface area contributed by atoms with Gasteiger partial charge in [0.1, 0.15) is 5.75 Å². The highest BCUT2D eigenvalue weighted by atomic mass is 32.2. The van der Waals surface area contributed by atoms with Gasteiger partial charge in [0.25, 0.3) is 0 Å². The molecule has 0 bridgehead atoms. The summed E-state index contributed by atoms with van der Waals surface area (Å²) < 4.78 is 0. The number of nitrogen functional groups attached to an aromatic ring is 1. The van der Waals surface area contributed by atoms with Crippen molar-refractivity contribution in [3.05, 3.63) is 23.8 Å². The minimum atomic E-state index is 0.347. The molecule has 1 unspecified atom stereocenters. The minimum absolute atomic E-state index is 0.347. The van der Waals surface area contributed by atoms with Crippen LogP contribution < -0.4 is 5.73 Å². The molecule has 0 amide bonds. The SMILES string of the molecule is CC1CSCCN1Cc1cc(N)ccc1O. The van der Waals surface area contributed by atoms with Crippen molar-refractivity contribution in [3.63, 3.8) is 0 Å². The number of nitrogens with zero attached hydrogens (tertiary/aromatic N) is 1. The van der Waals surface area contributed by atoms with E-state index in [1.165, 1.54) is 11.5 Å². The Bertz CT molecular complexity index is 370. The highest BCUT2D eigenvalue weighted by molar-refractivity contribution is 7.99. The number of phenols is 1. The molecule has 1 saturated heterocycles. The van der Waals surface area contributed by atoms with E-state index in [-0.39, 0.29) is 0 Å². The lowest BCUT2D eigenvalue weighted by Crippen LogP contribution is -2.39. The Morgan fingerprint density at radius 2 is 2.38 bits per heavy atom. The van der Waals surface area contributed by atoms with Crippen molar-refractivity contribution in [1.82, 2.24) is 4.90 Å². The van der Waals surface area contributed by atoms with E-state index >= 15 is 0 Å². The van der Waals surface area contributed by atoms with Gasteiger partial charge in [-0.3, -0.25) is 4.90 Å². The third-order valence-electron chi connectivity index (χ3n) is 2.98. The molecule has 88 valence electrons. The van der Waals surface area contributed by atoms with E-state index < -0.39 is 0 Å². The molecule has 16 heavy (non-hydrogen) atoms. The highest BCUT2D eigenvalue weighted by Crippen LogP contribution is 2.24. The maximum Gasteiger partial charge on any atom is 0.120 e. The van der Waals surface area contributed by atoms with Crippen LogP contribution in [0, 0.1) is 0 Å². The van der Waals surface area contributed by atoms with Gasteiger partial charge in [-0.15, -0.1) is 0 Å². The summed E-state index contributed by atoms with van der Waals surface area (Å²) in [7, 11) is 0. The van der Waals surface area contributed by atoms with E-state index in [0.717, 1.165) is 18.7 Å². The zero-order valence-corrected chi connectivity index (χ0v) is 10.3. The first-order chi connectivity index (χ1) is 7.66. The van der Waals surface area contributed by atoms with Gasteiger partial charge in [-0.1, -0.05) is 0 Å². The van der Waals surface area contributed by atoms with Gasteiger partial charge in [0, 0.05) is 41.9 Å². The Hall–Kier alpha value is -0.870. The first-order valence-electron chi connectivity index (χ1n) is 5.56. The number of hydrogen-bond donors (Lipinski definition) is 2. The van der Waals surface area contributed by atoms with Gasteiger partial charge in [0.15, 0.2) is 0 Å². The van der Waals surface area contributed by atoms with Crippen LogP contribution >= 0.6 is 11.8 Å². The Morgan fingerprint density at radius 3 is 3.12 bits per heavy atom. The lowest BCUT2D eigenvalue weighted by molar-refractivity contribution is 0.221. The summed E-state index contributed by atoms with van der Waals surface area (Å²) in [5, 5.41) is 9.76. The first-order valence-corrected chi connectivity index (χ1v) is 6.71. The molecule has 4 heteroatoms. The molecular formula is C12H18N2OS. The highest BCUT2D eigenvalue weighted by Gasteiger charge is 2.19. The fourth-order valence-corrected chi connectivity index (χ4v) is 3.03. The molecule has 2 rings (SSSR count). The standard InChI is InChI=1S/C12H18N2OS/c1-9-8-16-5-4-14(9)7-10-6-11(13)2-3-12(10)15/h2-3,6,9,15H,4-5,7-8,13H2,1H3. The van der Waals surface area contributed by atoms with Crippen LogP contribution in [0.1, 0.15) is 12.5 Å². The predicted octanol–water partition coefficient (Wildman–Crippen LogP) is 1.91. The molecule has 3 N–H and O–H groups in total. The van der Waals surface area contributed by atoms with Crippen molar-refractivity contribution in [3.8, 4) is 5.75 Å². The fraction of sp³-hybridized carbons (Fsp3) is 0.500. The smallest absolute Gasteiger partial charge is 0.120 e. The summed E-state index contributed by atoms with van der Waals surface area (Å²) in [6.07, 6.45) is 0. The van der Waals surface area contributed by atoms with E-state index in [0.29, 0.717) is 17.5 Å². The van der Waals surface area contributed by atoms with Crippen molar-refractivity contribution in [2.24, 2.45) is 0 Å². The third-order valence-corrected chi connectivity index (χ3v) is 4.17. The van der Waals surface area contributed by atoms with Gasteiger partial charge >= 0.3 is 0 Å². The maximum absolute atomic E-state index is 9.76. The van der Waals surface area contributed by atoms with E-state index in [9.17, 15) is 5.11 Å². The van der Waals surface area contributed by atoms with E-state index in [2.05, 4.69) is 11.8 Å². The number of rotatable bonds is 2. The molecule has 1 heterocycles. The van der Waals surface area contributed by atoms with Crippen molar-refractivity contribution in [2.45, 2.75) is 19.5 Å². The molecule has 0 saturated carbocycles. The minimum Gasteiger partial charge on any atom is -0.508 e. The molecule has 3 nitrogen and oxygen atoms in total. The number of nitrogens with two attached hydrogens (primary N) is 1. The second-order valence-corrected chi connectivity index (χ2v) is 5.43. The van der Waals surface area contributed by atoms with E-state index in [1.54, 1.807) is 12.1 Å². The number of hydrogen-bond acceptors (Lipinski definition) is 4. The summed E-state index contributed by atoms with van der Waals surface area (Å²) in [5.74, 6) is 2.69. The molecule has 0 aromatic heterocycles. The molecule has 1 fully saturated rings. The van der Waals surface area contributed by atoms with Gasteiger partial charge in [0.2, 0.25) is 0 Å². The van der Waals surface area contributed by atoms with Crippen molar-refractivity contribution < 1.29 is 5.11 Å². The predicted molar refractivity (Wildman–Crippen MR) is 69.7 cm³/mol. The number of anilines is 1. The van der Waals surface area contributed by atoms with Crippen molar-refractivity contribution in [2.75, 3.05) is 23.8 Å². The zero-order chi connectivity index (χ0) is 11.5. The van der Waals surface area contributed by atoms with Crippen LogP contribution in [0.5, 0.6) is 5.75 Å². The number of aromatic hydroxyl groups is 1. The second-order valence-electron chi connectivity index (χ2n) is 4.28. The molecule has 1 atom stereocenters. The average Bonchev–Trinajstić information content (AvgIpc) is 2.27. The lowest BCUT2D eigenvalue weighted by atomic mass is 10.1. The van der Waals surface area contributed by atoms with Crippen LogP contribution in [0.3, 0.4) is 0 Å². The normalized spacial score (nSPS) is 22.2. The zero-order valence-electron chi connectivity index (χ0n) is 9.52. The van der Waals surface area contributed by atoms with Crippen molar-refractivity contribution >= 4 is 17.4 Å². The summed E-state index contributed by atoms with van der Waals surface area (Å²) in [6, 6.07) is 5.84. The van der Waals surface area contributed by atoms with Crippen molar-refractivity contribution in [1.29, 1.82) is 0 Å². The van der Waals surface area contributed by atoms with Crippen LogP contribution in [0.4, 0.5) is 5.69 Å². The van der Waals surface area contributed by atoms with Crippen LogP contribution in [0.2, 0.25) is 0 Å². The Labute approximate surface area is 101 Å². The molecule has 0 spiro atoms. The van der Waals surface area contributed by atoms with Gasteiger partial charge in [0.05, 0.1) is 0 Å². The van der Waals surface area contributed by atoms with Gasteiger partial charge in [-0.05, 0) is 25.1 Å². The monoisotopic (exact) mass is 238 g/mol. The molecule has 1 aliphatic rings. The largest absolute Gasteiger partial charge is 0.508 e. The molecule has 1 aliphatic heterocycles. The van der Waals surface area contributed by atoms with Gasteiger partial charge < -0.3 is 10.8 Å². The number of phenolic OH excluding ortho intramolecular Hbond substituents is 1.